The van der Waals surface area contributed by atoms with Crippen molar-refractivity contribution in [1.82, 2.24) is 10.2 Å². The number of carbonyl (C=O) groups excluding carboxylic acids is 2. The van der Waals surface area contributed by atoms with E-state index in [4.69, 9.17) is 14.2 Å². The average Bonchev–Trinajstić information content (AvgIpc) is 3.74. The number of ether oxygens (including phenoxy) is 3. The minimum Gasteiger partial charge on any atom is -0.507 e. The van der Waals surface area contributed by atoms with E-state index in [1.54, 1.807) is 18.2 Å². The van der Waals surface area contributed by atoms with Gasteiger partial charge in [-0.2, -0.15) is 0 Å². The van der Waals surface area contributed by atoms with Crippen LogP contribution in [0.15, 0.2) is 119 Å². The van der Waals surface area contributed by atoms with Crippen molar-refractivity contribution < 1.29 is 33.3 Å². The molecule has 0 aliphatic carbocycles. The number of thioether (sulfide) groups is 1. The molecule has 1 atom stereocenters. The van der Waals surface area contributed by atoms with E-state index in [9.17, 15) is 19.1 Å². The SMILES string of the molecule is COc1ccc(C(O)=C2C(=O)C(=O)N(c3nnc(SCc4cccc5ccccc45)s3)C2c2ccc(OCc3ccccc3)c(OC)c2)cc1F. The highest BCUT2D eigenvalue weighted by molar-refractivity contribution is 8.00. The number of rotatable bonds is 11. The lowest BCUT2D eigenvalue weighted by Gasteiger charge is -2.23. The second-order valence-electron chi connectivity index (χ2n) is 11.5. The molecule has 1 aliphatic heterocycles. The maximum Gasteiger partial charge on any atom is 0.301 e. The lowest BCUT2D eigenvalue weighted by molar-refractivity contribution is -0.132. The Kier molecular flexibility index (Phi) is 9.69. The van der Waals surface area contributed by atoms with Gasteiger partial charge >= 0.3 is 5.91 Å². The zero-order valence-corrected chi connectivity index (χ0v) is 29.0. The molecular formula is C39H30FN3O6S2. The zero-order chi connectivity index (χ0) is 35.5. The first-order valence-corrected chi connectivity index (χ1v) is 17.6. The maximum absolute atomic E-state index is 14.8. The zero-order valence-electron chi connectivity index (χ0n) is 27.4. The van der Waals surface area contributed by atoms with Crippen LogP contribution in [0.5, 0.6) is 17.2 Å². The highest BCUT2D eigenvalue weighted by Crippen LogP contribution is 2.46. The van der Waals surface area contributed by atoms with Gasteiger partial charge in [0.15, 0.2) is 27.4 Å². The molecule has 1 unspecified atom stereocenters. The van der Waals surface area contributed by atoms with Crippen molar-refractivity contribution in [3.05, 3.63) is 143 Å². The van der Waals surface area contributed by atoms with Crippen molar-refractivity contribution in [2.24, 2.45) is 0 Å². The summed E-state index contributed by atoms with van der Waals surface area (Å²) in [4.78, 5) is 28.8. The molecule has 0 bridgehead atoms. The summed E-state index contributed by atoms with van der Waals surface area (Å²) in [6, 6.07) is 31.5. The maximum atomic E-state index is 14.8. The molecule has 1 N–H and O–H groups in total. The molecule has 1 saturated heterocycles. The number of ketones is 1. The normalized spacial score (nSPS) is 15.4. The van der Waals surface area contributed by atoms with E-state index >= 15 is 0 Å². The third-order valence-corrected chi connectivity index (χ3v) is 10.5. The van der Waals surface area contributed by atoms with Gasteiger partial charge in [-0.05, 0) is 57.8 Å². The average molecular weight is 720 g/mol. The fraction of sp³-hybridized carbons (Fsp3) is 0.128. The monoisotopic (exact) mass is 719 g/mol. The van der Waals surface area contributed by atoms with Gasteiger partial charge in [0.2, 0.25) is 5.13 Å². The third kappa shape index (κ3) is 6.75. The van der Waals surface area contributed by atoms with Crippen LogP contribution in [0.1, 0.15) is 28.3 Å². The molecule has 5 aromatic carbocycles. The Morgan fingerprint density at radius 2 is 1.61 bits per heavy atom. The highest BCUT2D eigenvalue weighted by Gasteiger charge is 2.48. The van der Waals surface area contributed by atoms with Crippen LogP contribution >= 0.6 is 23.1 Å². The third-order valence-electron chi connectivity index (χ3n) is 8.44. The number of amides is 1. The van der Waals surface area contributed by atoms with Crippen LogP contribution in [-0.2, 0) is 21.9 Å². The number of aliphatic hydroxyl groups is 1. The van der Waals surface area contributed by atoms with Gasteiger partial charge in [0, 0.05) is 11.3 Å². The number of fused-ring (bicyclic) bond motifs is 1. The predicted molar refractivity (Wildman–Crippen MR) is 195 cm³/mol. The van der Waals surface area contributed by atoms with Crippen molar-refractivity contribution in [3.63, 3.8) is 0 Å². The van der Waals surface area contributed by atoms with E-state index in [0.29, 0.717) is 27.2 Å². The number of Topliss-reactive ketones (excluding diaryl/α,β-unsaturated/α-hetero) is 1. The molecule has 0 saturated carbocycles. The van der Waals surface area contributed by atoms with Gasteiger partial charge in [0.25, 0.3) is 5.78 Å². The smallest absolute Gasteiger partial charge is 0.301 e. The Bertz CT molecular complexity index is 2290. The molecule has 12 heteroatoms. The fourth-order valence-corrected chi connectivity index (χ4v) is 7.81. The van der Waals surface area contributed by atoms with Gasteiger partial charge in [0.1, 0.15) is 12.4 Å². The summed E-state index contributed by atoms with van der Waals surface area (Å²) in [7, 11) is 2.80. The first-order chi connectivity index (χ1) is 24.9. The number of aliphatic hydroxyl groups excluding tert-OH is 1. The van der Waals surface area contributed by atoms with Crippen LogP contribution in [0.25, 0.3) is 16.5 Å². The summed E-state index contributed by atoms with van der Waals surface area (Å²) < 4.78 is 32.1. The van der Waals surface area contributed by atoms with E-state index in [1.807, 2.05) is 48.5 Å². The van der Waals surface area contributed by atoms with Gasteiger partial charge in [-0.1, -0.05) is 102 Å². The number of benzene rings is 5. The molecule has 1 fully saturated rings. The number of hydrogen-bond donors (Lipinski definition) is 1. The molecule has 1 amide bonds. The summed E-state index contributed by atoms with van der Waals surface area (Å²) in [5.74, 6) is -1.84. The summed E-state index contributed by atoms with van der Waals surface area (Å²) >= 11 is 2.61. The van der Waals surface area contributed by atoms with Gasteiger partial charge in [-0.25, -0.2) is 4.39 Å². The topological polar surface area (TPSA) is 111 Å². The molecule has 256 valence electrons. The van der Waals surface area contributed by atoms with Crippen LogP contribution in [0, 0.1) is 5.82 Å². The fourth-order valence-electron chi connectivity index (χ4n) is 5.94. The van der Waals surface area contributed by atoms with E-state index in [0.717, 1.165) is 39.3 Å². The molecule has 2 heterocycles. The first-order valence-electron chi connectivity index (χ1n) is 15.8. The molecule has 1 aromatic heterocycles. The van der Waals surface area contributed by atoms with Gasteiger partial charge in [-0.3, -0.25) is 14.5 Å². The number of nitrogens with zero attached hydrogens (tertiary/aromatic N) is 3. The second-order valence-corrected chi connectivity index (χ2v) is 13.7. The van der Waals surface area contributed by atoms with Crippen LogP contribution < -0.4 is 19.1 Å². The Labute approximate surface area is 300 Å². The minimum atomic E-state index is -1.16. The van der Waals surface area contributed by atoms with Crippen LogP contribution in [0.3, 0.4) is 0 Å². The molecule has 7 rings (SSSR count). The van der Waals surface area contributed by atoms with Gasteiger partial charge in [0.05, 0.1) is 25.8 Å². The van der Waals surface area contributed by atoms with Crippen molar-refractivity contribution in [2.75, 3.05) is 19.1 Å². The first kappa shape index (κ1) is 33.8. The van der Waals surface area contributed by atoms with Crippen molar-refractivity contribution in [1.29, 1.82) is 0 Å². The van der Waals surface area contributed by atoms with E-state index in [2.05, 4.69) is 34.5 Å². The Hall–Kier alpha value is -5.72. The molecule has 0 spiro atoms. The quantitative estimate of drug-likeness (QED) is 0.0465. The van der Waals surface area contributed by atoms with Crippen LogP contribution in [0.4, 0.5) is 9.52 Å². The molecule has 9 nitrogen and oxygen atoms in total. The number of carbonyl (C=O) groups is 2. The molecular weight excluding hydrogens is 690 g/mol. The molecule has 1 aliphatic rings. The van der Waals surface area contributed by atoms with E-state index in [-0.39, 0.29) is 28.6 Å². The predicted octanol–water partition coefficient (Wildman–Crippen LogP) is 8.35. The van der Waals surface area contributed by atoms with Crippen molar-refractivity contribution >= 4 is 56.5 Å². The minimum absolute atomic E-state index is 0.00493. The largest absolute Gasteiger partial charge is 0.507 e. The number of anilines is 1. The molecule has 0 radical (unpaired) electrons. The van der Waals surface area contributed by atoms with Gasteiger partial charge in [-0.15, -0.1) is 10.2 Å². The summed E-state index contributed by atoms with van der Waals surface area (Å²) in [6.07, 6.45) is 0. The summed E-state index contributed by atoms with van der Waals surface area (Å²) in [6.45, 7) is 0.280. The van der Waals surface area contributed by atoms with E-state index in [1.165, 1.54) is 43.0 Å². The molecule has 6 aromatic rings. The standard InChI is InChI=1S/C39H30FN3O6S2/c1-47-30-17-16-26(19-29(30)40)35(44)33-34(25-15-18-31(32(20-25)48-2)49-21-23-9-4-3-5-10-23)43(37(46)36(33)45)38-41-42-39(51-38)50-22-27-13-8-12-24-11-6-7-14-28(24)27/h3-20,34,44H,21-22H2,1-2H3. The van der Waals surface area contributed by atoms with Crippen molar-refractivity contribution in [3.8, 4) is 17.2 Å². The highest BCUT2D eigenvalue weighted by atomic mass is 32.2. The number of hydrogen-bond acceptors (Lipinski definition) is 10. The number of halogens is 1. The van der Waals surface area contributed by atoms with Crippen LogP contribution in [0.2, 0.25) is 0 Å². The van der Waals surface area contributed by atoms with E-state index < -0.39 is 29.3 Å². The van der Waals surface area contributed by atoms with Crippen molar-refractivity contribution in [2.45, 2.75) is 22.7 Å². The Balaban J connectivity index is 1.26. The molecule has 51 heavy (non-hydrogen) atoms. The Morgan fingerprint density at radius 3 is 2.39 bits per heavy atom. The second kappa shape index (κ2) is 14.6. The number of methoxy groups -OCH3 is 2. The van der Waals surface area contributed by atoms with Crippen LogP contribution in [-0.4, -0.2) is 41.2 Å². The lowest BCUT2D eigenvalue weighted by atomic mass is 9.95. The summed E-state index contributed by atoms with van der Waals surface area (Å²) in [5.41, 5.74) is 2.24. The number of aromatic nitrogens is 2. The van der Waals surface area contributed by atoms with Gasteiger partial charge < -0.3 is 19.3 Å². The lowest BCUT2D eigenvalue weighted by Crippen LogP contribution is -2.29. The Morgan fingerprint density at radius 1 is 0.863 bits per heavy atom. The summed E-state index contributed by atoms with van der Waals surface area (Å²) in [5, 5.41) is 22.6.